The zero-order valence-corrected chi connectivity index (χ0v) is 10.9. The molecule has 0 bridgehead atoms. The molecule has 1 heterocycles. The Morgan fingerprint density at radius 3 is 2.29 bits per heavy atom. The van der Waals surface area contributed by atoms with E-state index in [2.05, 4.69) is 15.3 Å². The molecular formula is C11H8Cl3N3. The molecule has 0 unspecified atom stereocenters. The maximum Gasteiger partial charge on any atom is 0.115 e. The molecule has 0 aliphatic rings. The summed E-state index contributed by atoms with van der Waals surface area (Å²) in [5.74, 6) is 0. The van der Waals surface area contributed by atoms with Crippen LogP contribution in [0.25, 0.3) is 0 Å². The maximum atomic E-state index is 6.03. The van der Waals surface area contributed by atoms with Crippen LogP contribution in [0.15, 0.2) is 30.9 Å². The molecule has 0 spiro atoms. The van der Waals surface area contributed by atoms with Gasteiger partial charge in [-0.2, -0.15) is 0 Å². The fourth-order valence-corrected chi connectivity index (χ4v) is 1.89. The van der Waals surface area contributed by atoms with E-state index >= 15 is 0 Å². The average Bonchev–Trinajstić information content (AvgIpc) is 2.33. The van der Waals surface area contributed by atoms with Crippen molar-refractivity contribution in [1.29, 1.82) is 0 Å². The van der Waals surface area contributed by atoms with Crippen LogP contribution in [0.5, 0.6) is 0 Å². The Balaban J connectivity index is 2.12. The molecule has 0 radical (unpaired) electrons. The minimum atomic E-state index is 0.435. The number of anilines is 1. The van der Waals surface area contributed by atoms with Gasteiger partial charge in [0.2, 0.25) is 0 Å². The highest BCUT2D eigenvalue weighted by molar-refractivity contribution is 6.44. The molecule has 6 heteroatoms. The number of hydrogen-bond acceptors (Lipinski definition) is 3. The lowest BCUT2D eigenvalue weighted by Gasteiger charge is -2.09. The summed E-state index contributed by atoms with van der Waals surface area (Å²) >= 11 is 17.8. The van der Waals surface area contributed by atoms with Crippen LogP contribution < -0.4 is 5.32 Å². The van der Waals surface area contributed by atoms with Gasteiger partial charge in [-0.05, 0) is 12.1 Å². The Kier molecular flexibility index (Phi) is 4.05. The summed E-state index contributed by atoms with van der Waals surface area (Å²) in [6.45, 7) is 0.568. The predicted octanol–water partition coefficient (Wildman–Crippen LogP) is 4.05. The first-order chi connectivity index (χ1) is 8.16. The Morgan fingerprint density at radius 1 is 0.941 bits per heavy atom. The maximum absolute atomic E-state index is 6.03. The summed E-state index contributed by atoms with van der Waals surface area (Å²) in [5.41, 5.74) is 1.68. The minimum Gasteiger partial charge on any atom is -0.380 e. The molecule has 2 aromatic rings. The third-order valence-corrected chi connectivity index (χ3v) is 3.14. The summed E-state index contributed by atoms with van der Waals surface area (Å²) in [7, 11) is 0. The van der Waals surface area contributed by atoms with Crippen molar-refractivity contribution in [3.05, 3.63) is 51.5 Å². The Hall–Kier alpha value is -1.03. The summed E-state index contributed by atoms with van der Waals surface area (Å²) in [6.07, 6.45) is 4.94. The van der Waals surface area contributed by atoms with Crippen LogP contribution in [0, 0.1) is 0 Å². The molecule has 0 aliphatic heterocycles. The Morgan fingerprint density at radius 2 is 1.59 bits per heavy atom. The van der Waals surface area contributed by atoms with Gasteiger partial charge in [0.1, 0.15) is 6.33 Å². The van der Waals surface area contributed by atoms with Crippen LogP contribution in [-0.2, 0) is 6.54 Å². The van der Waals surface area contributed by atoms with Crippen molar-refractivity contribution in [2.75, 3.05) is 5.32 Å². The quantitative estimate of drug-likeness (QED) is 0.866. The van der Waals surface area contributed by atoms with Gasteiger partial charge in [-0.15, -0.1) is 0 Å². The molecule has 88 valence electrons. The molecule has 0 saturated heterocycles. The molecular weight excluding hydrogens is 281 g/mol. The normalized spacial score (nSPS) is 10.3. The smallest absolute Gasteiger partial charge is 0.115 e. The van der Waals surface area contributed by atoms with E-state index in [4.69, 9.17) is 34.8 Å². The molecule has 0 aliphatic carbocycles. The van der Waals surface area contributed by atoms with Crippen LogP contribution in [0.3, 0.4) is 0 Å². The van der Waals surface area contributed by atoms with Crippen molar-refractivity contribution in [2.45, 2.75) is 6.54 Å². The van der Waals surface area contributed by atoms with E-state index in [1.807, 2.05) is 0 Å². The number of nitrogens with zero attached hydrogens (tertiary/aromatic N) is 2. The lowest BCUT2D eigenvalue weighted by atomic mass is 10.3. The molecule has 1 N–H and O–H groups in total. The summed E-state index contributed by atoms with van der Waals surface area (Å²) < 4.78 is 0. The molecule has 17 heavy (non-hydrogen) atoms. The third kappa shape index (κ3) is 3.22. The molecule has 0 fully saturated rings. The molecule has 2 rings (SSSR count). The fourth-order valence-electron chi connectivity index (χ4n) is 1.28. The van der Waals surface area contributed by atoms with Gasteiger partial charge in [0, 0.05) is 24.5 Å². The molecule has 0 amide bonds. The van der Waals surface area contributed by atoms with E-state index in [1.54, 1.807) is 24.5 Å². The van der Waals surface area contributed by atoms with Crippen molar-refractivity contribution < 1.29 is 0 Å². The van der Waals surface area contributed by atoms with Gasteiger partial charge in [0.15, 0.2) is 0 Å². The molecule has 1 aromatic heterocycles. The highest BCUT2D eigenvalue weighted by atomic mass is 35.5. The van der Waals surface area contributed by atoms with Gasteiger partial charge in [0.05, 0.1) is 20.8 Å². The van der Waals surface area contributed by atoms with Crippen molar-refractivity contribution in [1.82, 2.24) is 9.97 Å². The first kappa shape index (κ1) is 12.4. The van der Waals surface area contributed by atoms with E-state index in [0.29, 0.717) is 21.6 Å². The van der Waals surface area contributed by atoms with E-state index in [-0.39, 0.29) is 0 Å². The summed E-state index contributed by atoms with van der Waals surface area (Å²) in [5, 5.41) is 4.56. The second kappa shape index (κ2) is 5.54. The summed E-state index contributed by atoms with van der Waals surface area (Å²) in [6, 6.07) is 3.30. The summed E-state index contributed by atoms with van der Waals surface area (Å²) in [4.78, 5) is 7.84. The van der Waals surface area contributed by atoms with Crippen molar-refractivity contribution in [2.24, 2.45) is 0 Å². The van der Waals surface area contributed by atoms with Gasteiger partial charge in [-0.1, -0.05) is 34.8 Å². The Labute approximate surface area is 114 Å². The lowest BCUT2D eigenvalue weighted by molar-refractivity contribution is 1.05. The second-order valence-corrected chi connectivity index (χ2v) is 4.57. The molecule has 0 saturated carbocycles. The van der Waals surface area contributed by atoms with Gasteiger partial charge in [0.25, 0.3) is 0 Å². The Bertz CT molecular complexity index is 517. The van der Waals surface area contributed by atoms with Gasteiger partial charge in [-0.3, -0.25) is 0 Å². The number of halogens is 3. The first-order valence-electron chi connectivity index (χ1n) is 4.79. The molecule has 1 aromatic carbocycles. The fraction of sp³-hybridized carbons (Fsp3) is 0.0909. The van der Waals surface area contributed by atoms with Crippen molar-refractivity contribution in [3.63, 3.8) is 0 Å². The highest BCUT2D eigenvalue weighted by Crippen LogP contribution is 2.32. The topological polar surface area (TPSA) is 37.8 Å². The highest BCUT2D eigenvalue weighted by Gasteiger charge is 2.05. The van der Waals surface area contributed by atoms with E-state index in [9.17, 15) is 0 Å². The van der Waals surface area contributed by atoms with E-state index in [1.165, 1.54) is 6.33 Å². The minimum absolute atomic E-state index is 0.435. The van der Waals surface area contributed by atoms with Crippen LogP contribution in [-0.4, -0.2) is 9.97 Å². The average molecular weight is 289 g/mol. The van der Waals surface area contributed by atoms with Crippen LogP contribution in [0.4, 0.5) is 5.69 Å². The number of hydrogen-bond donors (Lipinski definition) is 1. The number of rotatable bonds is 3. The first-order valence-corrected chi connectivity index (χ1v) is 5.92. The van der Waals surface area contributed by atoms with Crippen molar-refractivity contribution >= 4 is 40.5 Å². The van der Waals surface area contributed by atoms with Gasteiger partial charge < -0.3 is 5.32 Å². The number of aromatic nitrogens is 2. The lowest BCUT2D eigenvalue weighted by Crippen LogP contribution is -2.00. The van der Waals surface area contributed by atoms with Crippen molar-refractivity contribution in [3.8, 4) is 0 Å². The van der Waals surface area contributed by atoms with Crippen LogP contribution in [0.2, 0.25) is 15.1 Å². The van der Waals surface area contributed by atoms with Gasteiger partial charge in [-0.25, -0.2) is 9.97 Å². The zero-order chi connectivity index (χ0) is 12.3. The van der Waals surface area contributed by atoms with E-state index in [0.717, 1.165) is 11.3 Å². The third-order valence-electron chi connectivity index (χ3n) is 2.11. The SMILES string of the molecule is Clc1cc(Cl)c(NCc2cncnc2)cc1Cl. The van der Waals surface area contributed by atoms with Gasteiger partial charge >= 0.3 is 0 Å². The number of benzene rings is 1. The van der Waals surface area contributed by atoms with Crippen LogP contribution >= 0.6 is 34.8 Å². The number of nitrogens with one attached hydrogen (secondary N) is 1. The molecule has 0 atom stereocenters. The predicted molar refractivity (Wildman–Crippen MR) is 70.8 cm³/mol. The van der Waals surface area contributed by atoms with E-state index < -0.39 is 0 Å². The molecule has 3 nitrogen and oxygen atoms in total. The standard InChI is InChI=1S/C11H8Cl3N3/c12-8-1-10(14)11(2-9(8)13)17-5-7-3-15-6-16-4-7/h1-4,6,17H,5H2. The second-order valence-electron chi connectivity index (χ2n) is 3.35. The zero-order valence-electron chi connectivity index (χ0n) is 8.62. The van der Waals surface area contributed by atoms with Crippen LogP contribution in [0.1, 0.15) is 5.56 Å². The monoisotopic (exact) mass is 287 g/mol. The largest absolute Gasteiger partial charge is 0.380 e.